The van der Waals surface area contributed by atoms with E-state index in [-0.39, 0.29) is 5.91 Å². The Hall–Kier alpha value is -3.13. The van der Waals surface area contributed by atoms with Crippen LogP contribution in [-0.2, 0) is 11.3 Å². The first-order chi connectivity index (χ1) is 11.8. The predicted octanol–water partition coefficient (Wildman–Crippen LogP) is 4.54. The molecule has 0 spiro atoms. The molecule has 0 heterocycles. The largest absolute Gasteiger partial charge is 0.348 e. The highest BCUT2D eigenvalue weighted by Gasteiger charge is 2.11. The van der Waals surface area contributed by atoms with Crippen LogP contribution in [0.4, 0.5) is 0 Å². The monoisotopic (exact) mass is 313 g/mol. The van der Waals surface area contributed by atoms with Gasteiger partial charge in [0.25, 0.3) is 5.91 Å². The molecule has 0 bridgehead atoms. The molecule has 0 atom stereocenters. The van der Waals surface area contributed by atoms with Gasteiger partial charge in [-0.15, -0.1) is 0 Å². The molecule has 0 aliphatic heterocycles. The third kappa shape index (κ3) is 4.20. The van der Waals surface area contributed by atoms with Gasteiger partial charge in [0.05, 0.1) is 0 Å². The van der Waals surface area contributed by atoms with Crippen molar-refractivity contribution in [2.45, 2.75) is 6.54 Å². The first kappa shape index (κ1) is 15.8. The third-order valence-electron chi connectivity index (χ3n) is 3.74. The molecule has 1 amide bonds. The van der Waals surface area contributed by atoms with Crippen LogP contribution in [0.1, 0.15) is 16.7 Å². The highest BCUT2D eigenvalue weighted by molar-refractivity contribution is 6.24. The van der Waals surface area contributed by atoms with E-state index in [1.165, 1.54) is 0 Å². The van der Waals surface area contributed by atoms with Crippen molar-refractivity contribution < 1.29 is 4.79 Å². The van der Waals surface area contributed by atoms with Crippen LogP contribution in [0.3, 0.4) is 0 Å². The SMILES string of the molecule is O=C(NCc1ccccc1)/C(=C/c1ccccc1)c1ccccc1. The molecule has 0 radical (unpaired) electrons. The summed E-state index contributed by atoms with van der Waals surface area (Å²) >= 11 is 0. The molecular weight excluding hydrogens is 294 g/mol. The van der Waals surface area contributed by atoms with Gasteiger partial charge in [-0.05, 0) is 22.8 Å². The van der Waals surface area contributed by atoms with Crippen molar-refractivity contribution >= 4 is 17.6 Å². The van der Waals surface area contributed by atoms with Gasteiger partial charge >= 0.3 is 0 Å². The molecule has 0 saturated carbocycles. The van der Waals surface area contributed by atoms with Crippen molar-refractivity contribution in [2.24, 2.45) is 0 Å². The maximum atomic E-state index is 12.7. The molecule has 2 nitrogen and oxygen atoms in total. The average Bonchev–Trinajstić information content (AvgIpc) is 2.66. The molecule has 1 N–H and O–H groups in total. The van der Waals surface area contributed by atoms with Crippen LogP contribution in [0.5, 0.6) is 0 Å². The van der Waals surface area contributed by atoms with E-state index >= 15 is 0 Å². The van der Waals surface area contributed by atoms with Crippen LogP contribution in [0.25, 0.3) is 11.6 Å². The minimum atomic E-state index is -0.0751. The first-order valence-corrected chi connectivity index (χ1v) is 7.97. The van der Waals surface area contributed by atoms with E-state index in [1.54, 1.807) is 0 Å². The van der Waals surface area contributed by atoms with Gasteiger partial charge in [0.1, 0.15) is 0 Å². The lowest BCUT2D eigenvalue weighted by Gasteiger charge is -2.10. The van der Waals surface area contributed by atoms with Gasteiger partial charge in [-0.2, -0.15) is 0 Å². The maximum absolute atomic E-state index is 12.7. The quantitative estimate of drug-likeness (QED) is 0.543. The van der Waals surface area contributed by atoms with Crippen molar-refractivity contribution in [1.82, 2.24) is 5.32 Å². The molecule has 0 aromatic heterocycles. The van der Waals surface area contributed by atoms with Gasteiger partial charge in [0.15, 0.2) is 0 Å². The molecule has 2 heteroatoms. The van der Waals surface area contributed by atoms with E-state index in [2.05, 4.69) is 5.32 Å². The Bertz CT molecular complexity index is 808. The van der Waals surface area contributed by atoms with Gasteiger partial charge in [-0.3, -0.25) is 4.79 Å². The number of carbonyl (C=O) groups is 1. The zero-order valence-corrected chi connectivity index (χ0v) is 13.4. The Balaban J connectivity index is 1.84. The van der Waals surface area contributed by atoms with E-state index in [0.717, 1.165) is 16.7 Å². The minimum absolute atomic E-state index is 0.0751. The normalized spacial score (nSPS) is 11.1. The predicted molar refractivity (Wildman–Crippen MR) is 99.0 cm³/mol. The standard InChI is InChI=1S/C22H19NO/c24-22(23-17-19-12-6-2-7-13-19)21(20-14-8-3-9-15-20)16-18-10-4-1-5-11-18/h1-16H,17H2,(H,23,24)/b21-16+. The summed E-state index contributed by atoms with van der Waals surface area (Å²) < 4.78 is 0. The second-order valence-electron chi connectivity index (χ2n) is 5.50. The van der Waals surface area contributed by atoms with Crippen LogP contribution in [0.2, 0.25) is 0 Å². The Labute approximate surface area is 142 Å². The summed E-state index contributed by atoms with van der Waals surface area (Å²) in [5.74, 6) is -0.0751. The van der Waals surface area contributed by atoms with Crippen molar-refractivity contribution in [1.29, 1.82) is 0 Å². The van der Waals surface area contributed by atoms with Crippen LogP contribution in [0.15, 0.2) is 91.0 Å². The summed E-state index contributed by atoms with van der Waals surface area (Å²) in [5, 5.41) is 3.01. The number of amides is 1. The maximum Gasteiger partial charge on any atom is 0.252 e. The summed E-state index contributed by atoms with van der Waals surface area (Å²) in [5.41, 5.74) is 3.66. The molecule has 0 fully saturated rings. The summed E-state index contributed by atoms with van der Waals surface area (Å²) in [6.07, 6.45) is 1.93. The molecule has 24 heavy (non-hydrogen) atoms. The van der Waals surface area contributed by atoms with Crippen LogP contribution < -0.4 is 5.32 Å². The molecule has 3 rings (SSSR count). The fraction of sp³-hybridized carbons (Fsp3) is 0.0455. The number of rotatable bonds is 5. The second kappa shape index (κ2) is 7.93. The summed E-state index contributed by atoms with van der Waals surface area (Å²) in [6.45, 7) is 0.513. The fourth-order valence-electron chi connectivity index (χ4n) is 2.49. The Morgan fingerprint density at radius 1 is 0.750 bits per heavy atom. The number of hydrogen-bond acceptors (Lipinski definition) is 1. The van der Waals surface area contributed by atoms with Gasteiger partial charge in [0, 0.05) is 12.1 Å². The number of nitrogens with one attached hydrogen (secondary N) is 1. The zero-order valence-electron chi connectivity index (χ0n) is 13.4. The van der Waals surface area contributed by atoms with E-state index in [1.807, 2.05) is 97.1 Å². The smallest absolute Gasteiger partial charge is 0.252 e. The zero-order chi connectivity index (χ0) is 16.6. The Kier molecular flexibility index (Phi) is 5.21. The number of hydrogen-bond donors (Lipinski definition) is 1. The van der Waals surface area contributed by atoms with Crippen LogP contribution in [0, 0.1) is 0 Å². The first-order valence-electron chi connectivity index (χ1n) is 7.97. The fourth-order valence-corrected chi connectivity index (χ4v) is 2.49. The Morgan fingerprint density at radius 3 is 1.92 bits per heavy atom. The average molecular weight is 313 g/mol. The molecule has 0 aliphatic carbocycles. The summed E-state index contributed by atoms with van der Waals surface area (Å²) in [7, 11) is 0. The molecule has 3 aromatic rings. The second-order valence-corrected chi connectivity index (χ2v) is 5.50. The van der Waals surface area contributed by atoms with Crippen molar-refractivity contribution in [3.63, 3.8) is 0 Å². The van der Waals surface area contributed by atoms with E-state index in [4.69, 9.17) is 0 Å². The molecule has 0 aliphatic rings. The molecule has 0 saturated heterocycles. The molecule has 3 aromatic carbocycles. The molecule has 0 unspecified atom stereocenters. The third-order valence-corrected chi connectivity index (χ3v) is 3.74. The highest BCUT2D eigenvalue weighted by atomic mass is 16.1. The van der Waals surface area contributed by atoms with Crippen LogP contribution >= 0.6 is 0 Å². The van der Waals surface area contributed by atoms with Gasteiger partial charge in [-0.1, -0.05) is 91.0 Å². The number of benzene rings is 3. The van der Waals surface area contributed by atoms with Crippen molar-refractivity contribution in [2.75, 3.05) is 0 Å². The molecular formula is C22H19NO. The van der Waals surface area contributed by atoms with Gasteiger partial charge in [0.2, 0.25) is 0 Å². The lowest BCUT2D eigenvalue weighted by molar-refractivity contribution is -0.115. The van der Waals surface area contributed by atoms with E-state index in [9.17, 15) is 4.79 Å². The molecule has 118 valence electrons. The minimum Gasteiger partial charge on any atom is -0.348 e. The van der Waals surface area contributed by atoms with E-state index < -0.39 is 0 Å². The number of carbonyl (C=O) groups excluding carboxylic acids is 1. The van der Waals surface area contributed by atoms with Gasteiger partial charge in [-0.25, -0.2) is 0 Å². The summed E-state index contributed by atoms with van der Waals surface area (Å²) in [4.78, 5) is 12.7. The van der Waals surface area contributed by atoms with Crippen LogP contribution in [-0.4, -0.2) is 5.91 Å². The van der Waals surface area contributed by atoms with Gasteiger partial charge < -0.3 is 5.32 Å². The Morgan fingerprint density at radius 2 is 1.29 bits per heavy atom. The van der Waals surface area contributed by atoms with Crippen molar-refractivity contribution in [3.8, 4) is 0 Å². The summed E-state index contributed by atoms with van der Waals surface area (Å²) in [6, 6.07) is 29.6. The van der Waals surface area contributed by atoms with Crippen molar-refractivity contribution in [3.05, 3.63) is 108 Å². The lowest BCUT2D eigenvalue weighted by Crippen LogP contribution is -2.23. The lowest BCUT2D eigenvalue weighted by atomic mass is 10.0. The van der Waals surface area contributed by atoms with E-state index in [0.29, 0.717) is 12.1 Å². The topological polar surface area (TPSA) is 29.1 Å². The highest BCUT2D eigenvalue weighted by Crippen LogP contribution is 2.18.